The average molecular weight is 536 g/mol. The largest absolute Gasteiger partial charge is 0.493 e. The van der Waals surface area contributed by atoms with Crippen LogP contribution in [0.25, 0.3) is 0 Å². The predicted molar refractivity (Wildman–Crippen MR) is 135 cm³/mol. The summed E-state index contributed by atoms with van der Waals surface area (Å²) in [7, 11) is 3.24. The molecule has 0 aromatic heterocycles. The minimum absolute atomic E-state index is 0.0810. The smallest absolute Gasteiger partial charge is 0.419 e. The number of nitrogens with one attached hydrogen (secondary N) is 2. The zero-order valence-corrected chi connectivity index (χ0v) is 21.5. The lowest BCUT2D eigenvalue weighted by Gasteiger charge is -2.48. The van der Waals surface area contributed by atoms with Crippen LogP contribution in [0.2, 0.25) is 0 Å². The van der Waals surface area contributed by atoms with Crippen molar-refractivity contribution in [3.8, 4) is 11.5 Å². The number of likely N-dealkylation sites (tertiary alicyclic amines) is 1. The van der Waals surface area contributed by atoms with Crippen molar-refractivity contribution >= 4 is 11.7 Å². The third-order valence-electron chi connectivity index (χ3n) is 8.67. The Balaban J connectivity index is 1.33. The average Bonchev–Trinajstić information content (AvgIpc) is 3.22. The van der Waals surface area contributed by atoms with Crippen LogP contribution in [0, 0.1) is 5.82 Å². The number of halogens is 4. The normalized spacial score (nSPS) is 25.8. The van der Waals surface area contributed by atoms with Crippen molar-refractivity contribution in [3.05, 3.63) is 53.3 Å². The molecule has 0 spiro atoms. The van der Waals surface area contributed by atoms with Gasteiger partial charge in [0, 0.05) is 29.2 Å². The van der Waals surface area contributed by atoms with Crippen molar-refractivity contribution < 1.29 is 31.8 Å². The van der Waals surface area contributed by atoms with Crippen LogP contribution >= 0.6 is 0 Å². The molecule has 2 saturated carbocycles. The van der Waals surface area contributed by atoms with Crippen molar-refractivity contribution in [2.24, 2.45) is 0 Å². The number of amides is 2. The molecule has 2 aromatic rings. The van der Waals surface area contributed by atoms with Crippen LogP contribution in [-0.4, -0.2) is 49.8 Å². The molecular formula is C28H33F4N3O3. The Morgan fingerprint density at radius 1 is 1.03 bits per heavy atom. The molecule has 2 amide bonds. The Hall–Kier alpha value is -3.01. The van der Waals surface area contributed by atoms with Gasteiger partial charge in [0.1, 0.15) is 5.82 Å². The molecule has 0 radical (unpaired) electrons. The number of carbonyl (C=O) groups is 1. The van der Waals surface area contributed by atoms with Gasteiger partial charge in [0.05, 0.1) is 19.8 Å². The summed E-state index contributed by atoms with van der Waals surface area (Å²) in [5.41, 5.74) is -0.392. The maximum Gasteiger partial charge on any atom is 0.419 e. The van der Waals surface area contributed by atoms with Gasteiger partial charge in [0.25, 0.3) is 0 Å². The number of anilines is 1. The quantitative estimate of drug-likeness (QED) is 0.439. The van der Waals surface area contributed by atoms with E-state index in [-0.39, 0.29) is 23.2 Å². The molecule has 1 heterocycles. The van der Waals surface area contributed by atoms with Gasteiger partial charge in [-0.3, -0.25) is 4.90 Å². The maximum atomic E-state index is 13.6. The van der Waals surface area contributed by atoms with Gasteiger partial charge in [0.15, 0.2) is 11.5 Å². The number of rotatable bonds is 6. The lowest BCUT2D eigenvalue weighted by molar-refractivity contribution is -0.139. The first-order valence-electron chi connectivity index (χ1n) is 13.1. The molecule has 3 aliphatic rings. The summed E-state index contributed by atoms with van der Waals surface area (Å²) in [6.45, 7) is 0.985. The van der Waals surface area contributed by atoms with Crippen molar-refractivity contribution in [2.45, 2.75) is 74.7 Å². The number of benzene rings is 2. The Kier molecular flexibility index (Phi) is 7.19. The van der Waals surface area contributed by atoms with Crippen LogP contribution in [0.3, 0.4) is 0 Å². The first-order valence-corrected chi connectivity index (χ1v) is 13.1. The van der Waals surface area contributed by atoms with Crippen LogP contribution in [0.5, 0.6) is 11.5 Å². The fourth-order valence-corrected chi connectivity index (χ4v) is 6.53. The van der Waals surface area contributed by atoms with Gasteiger partial charge in [-0.15, -0.1) is 0 Å². The van der Waals surface area contributed by atoms with E-state index in [1.165, 1.54) is 24.8 Å². The standard InChI is InChI=1S/C28H33F4N3O3/c1-37-23-9-6-17(14-24(23)38-2)27-11-10-19(16-25(27)35(13-12-27)20-4-3-5-20)34-26(36)33-18-7-8-22(29)21(15-18)28(30,31)32/h6-9,14-15,19-20,25H,3-5,10-13,16H2,1-2H3,(H2,33,34,36). The predicted octanol–water partition coefficient (Wildman–Crippen LogP) is 6.10. The zero-order valence-electron chi connectivity index (χ0n) is 21.5. The molecule has 2 aliphatic carbocycles. The summed E-state index contributed by atoms with van der Waals surface area (Å²) >= 11 is 0. The molecule has 1 saturated heterocycles. The van der Waals surface area contributed by atoms with Gasteiger partial charge >= 0.3 is 12.2 Å². The van der Waals surface area contributed by atoms with Crippen LogP contribution in [-0.2, 0) is 11.6 Å². The number of alkyl halides is 3. The summed E-state index contributed by atoms with van der Waals surface area (Å²) in [6.07, 6.45) is 2.05. The van der Waals surface area contributed by atoms with E-state index in [0.717, 1.165) is 38.3 Å². The molecule has 3 atom stereocenters. The summed E-state index contributed by atoms with van der Waals surface area (Å²) in [6, 6.07) is 8.61. The number of fused-ring (bicyclic) bond motifs is 1. The number of hydrogen-bond acceptors (Lipinski definition) is 4. The van der Waals surface area contributed by atoms with Crippen LogP contribution in [0.15, 0.2) is 36.4 Å². The third kappa shape index (κ3) is 4.90. The summed E-state index contributed by atoms with van der Waals surface area (Å²) in [4.78, 5) is 15.4. The SMILES string of the molecule is COc1ccc(C23CCC(NC(=O)Nc4ccc(F)c(C(F)(F)F)c4)CC2N(C2CCC2)CC3)cc1OC. The van der Waals surface area contributed by atoms with Gasteiger partial charge in [0.2, 0.25) is 0 Å². The molecule has 2 N–H and O–H groups in total. The van der Waals surface area contributed by atoms with Crippen molar-refractivity contribution in [2.75, 3.05) is 26.1 Å². The number of methoxy groups -OCH3 is 2. The van der Waals surface area contributed by atoms with E-state index < -0.39 is 23.6 Å². The summed E-state index contributed by atoms with van der Waals surface area (Å²) in [5.74, 6) is -0.00327. The minimum atomic E-state index is -4.84. The third-order valence-corrected chi connectivity index (χ3v) is 8.67. The second kappa shape index (κ2) is 10.3. The second-order valence-electron chi connectivity index (χ2n) is 10.6. The molecule has 10 heteroatoms. The topological polar surface area (TPSA) is 62.8 Å². The Bertz CT molecular complexity index is 1190. The van der Waals surface area contributed by atoms with E-state index in [9.17, 15) is 22.4 Å². The van der Waals surface area contributed by atoms with Gasteiger partial charge in [-0.1, -0.05) is 12.5 Å². The second-order valence-corrected chi connectivity index (χ2v) is 10.6. The van der Waals surface area contributed by atoms with Gasteiger partial charge in [-0.2, -0.15) is 13.2 Å². The molecule has 5 rings (SSSR count). The highest BCUT2D eigenvalue weighted by Gasteiger charge is 2.53. The van der Waals surface area contributed by atoms with E-state index in [4.69, 9.17) is 9.47 Å². The van der Waals surface area contributed by atoms with Crippen molar-refractivity contribution in [3.63, 3.8) is 0 Å². The van der Waals surface area contributed by atoms with Gasteiger partial charge in [-0.05, 0) is 81.0 Å². The zero-order chi connectivity index (χ0) is 27.1. The van der Waals surface area contributed by atoms with Crippen LogP contribution < -0.4 is 20.1 Å². The number of urea groups is 1. The van der Waals surface area contributed by atoms with E-state index in [0.29, 0.717) is 29.7 Å². The highest BCUT2D eigenvalue weighted by Crippen LogP contribution is 2.52. The number of hydrogen-bond donors (Lipinski definition) is 2. The van der Waals surface area contributed by atoms with Crippen LogP contribution in [0.1, 0.15) is 56.1 Å². The highest BCUT2D eigenvalue weighted by atomic mass is 19.4. The highest BCUT2D eigenvalue weighted by molar-refractivity contribution is 5.89. The molecule has 0 bridgehead atoms. The van der Waals surface area contributed by atoms with Crippen molar-refractivity contribution in [1.82, 2.24) is 10.2 Å². The number of carbonyl (C=O) groups excluding carboxylic acids is 1. The first-order chi connectivity index (χ1) is 18.1. The fourth-order valence-electron chi connectivity index (χ4n) is 6.53. The lowest BCUT2D eigenvalue weighted by atomic mass is 9.64. The Labute approximate surface area is 219 Å². The van der Waals surface area contributed by atoms with Gasteiger partial charge in [-0.25, -0.2) is 9.18 Å². The fraction of sp³-hybridized carbons (Fsp3) is 0.536. The monoisotopic (exact) mass is 535 g/mol. The van der Waals surface area contributed by atoms with E-state index >= 15 is 0 Å². The van der Waals surface area contributed by atoms with E-state index in [1.807, 2.05) is 6.07 Å². The molecule has 1 aliphatic heterocycles. The summed E-state index contributed by atoms with van der Waals surface area (Å²) in [5, 5.41) is 5.41. The van der Waals surface area contributed by atoms with E-state index in [2.05, 4.69) is 27.7 Å². The molecule has 2 aromatic carbocycles. The minimum Gasteiger partial charge on any atom is -0.493 e. The Morgan fingerprint density at radius 3 is 2.45 bits per heavy atom. The molecular weight excluding hydrogens is 502 g/mol. The molecule has 206 valence electrons. The lowest BCUT2D eigenvalue weighted by Crippen LogP contribution is -2.55. The first kappa shape index (κ1) is 26.6. The number of nitrogens with zero attached hydrogens (tertiary/aromatic N) is 1. The maximum absolute atomic E-state index is 13.6. The van der Waals surface area contributed by atoms with Gasteiger partial charge < -0.3 is 20.1 Å². The Morgan fingerprint density at radius 2 is 1.79 bits per heavy atom. The van der Waals surface area contributed by atoms with E-state index in [1.54, 1.807) is 14.2 Å². The molecule has 6 nitrogen and oxygen atoms in total. The van der Waals surface area contributed by atoms with Crippen molar-refractivity contribution in [1.29, 1.82) is 0 Å². The number of ether oxygens (including phenoxy) is 2. The molecule has 3 fully saturated rings. The molecule has 38 heavy (non-hydrogen) atoms. The van der Waals surface area contributed by atoms with Crippen LogP contribution in [0.4, 0.5) is 28.0 Å². The summed E-state index contributed by atoms with van der Waals surface area (Å²) < 4.78 is 63.9. The molecule has 3 unspecified atom stereocenters.